The minimum atomic E-state index is 1.14. The number of hydrogen-bond donors (Lipinski definition) is 0. The highest BCUT2D eigenvalue weighted by Crippen LogP contribution is 2.15. The Hall–Kier alpha value is -2.88. The molecule has 0 saturated heterocycles. The zero-order chi connectivity index (χ0) is 16.6. The number of unbranched alkanes of at least 4 members (excludes halogenated alkanes) is 1. The molecule has 0 aliphatic rings. The summed E-state index contributed by atoms with van der Waals surface area (Å²) >= 11 is 0. The zero-order valence-corrected chi connectivity index (χ0v) is 13.8. The first kappa shape index (κ1) is 16.0. The van der Waals surface area contributed by atoms with Crippen molar-refractivity contribution in [2.45, 2.75) is 26.2 Å². The maximum absolute atomic E-state index is 3.88. The second kappa shape index (κ2) is 8.11. The first-order valence-corrected chi connectivity index (χ1v) is 8.21. The highest BCUT2D eigenvalue weighted by atomic mass is 15.1. The van der Waals surface area contributed by atoms with Crippen molar-refractivity contribution in [2.24, 2.45) is 0 Å². The van der Waals surface area contributed by atoms with Crippen molar-refractivity contribution in [1.29, 1.82) is 0 Å². The third kappa shape index (κ3) is 4.10. The van der Waals surface area contributed by atoms with E-state index in [2.05, 4.69) is 45.5 Å². The van der Waals surface area contributed by atoms with Crippen LogP contribution in [0.5, 0.6) is 0 Å². The lowest BCUT2D eigenvalue weighted by molar-refractivity contribution is 0.796. The van der Waals surface area contributed by atoms with Crippen molar-refractivity contribution in [3.8, 4) is 0 Å². The van der Waals surface area contributed by atoms with Gasteiger partial charge in [0.15, 0.2) is 0 Å². The number of aromatic nitrogens is 4. The molecule has 120 valence electrons. The Kier molecular flexibility index (Phi) is 5.40. The van der Waals surface area contributed by atoms with Gasteiger partial charge in [-0.3, -0.25) is 0 Å². The lowest BCUT2D eigenvalue weighted by atomic mass is 10.1. The Morgan fingerprint density at radius 1 is 0.667 bits per heavy atom. The molecule has 0 amide bonds. The van der Waals surface area contributed by atoms with Gasteiger partial charge in [-0.15, -0.1) is 0 Å². The summed E-state index contributed by atoms with van der Waals surface area (Å²) in [6.07, 6.45) is 10.8. The Bertz CT molecular complexity index is 856. The molecule has 0 spiro atoms. The fraction of sp³-hybridized carbons (Fsp3) is 0.200. The molecule has 0 radical (unpaired) electrons. The first-order chi connectivity index (χ1) is 11.9. The maximum atomic E-state index is 3.88. The summed E-state index contributed by atoms with van der Waals surface area (Å²) in [5.41, 5.74) is 1.40. The van der Waals surface area contributed by atoms with Gasteiger partial charge in [0.05, 0.1) is 24.8 Å². The largest absolute Gasteiger partial charge is 0.158 e. The molecule has 2 heterocycles. The van der Waals surface area contributed by atoms with Crippen molar-refractivity contribution in [2.75, 3.05) is 0 Å². The lowest BCUT2D eigenvalue weighted by Gasteiger charge is -2.01. The van der Waals surface area contributed by atoms with Crippen LogP contribution in [0.4, 0.5) is 0 Å². The molecule has 0 aliphatic heterocycles. The zero-order valence-electron chi connectivity index (χ0n) is 13.8. The van der Waals surface area contributed by atoms with Crippen LogP contribution in [0.25, 0.3) is 21.5 Å². The molecular formula is C20H20N4. The smallest absolute Gasteiger partial charge is 0.0574 e. The van der Waals surface area contributed by atoms with E-state index < -0.39 is 0 Å². The van der Waals surface area contributed by atoms with Crippen LogP contribution >= 0.6 is 0 Å². The molecule has 0 aliphatic carbocycles. The summed E-state index contributed by atoms with van der Waals surface area (Å²) in [4.78, 5) is 0. The molecule has 4 rings (SSSR count). The molecule has 0 saturated carbocycles. The Morgan fingerprint density at radius 3 is 1.79 bits per heavy atom. The summed E-state index contributed by atoms with van der Waals surface area (Å²) < 4.78 is 0. The van der Waals surface area contributed by atoms with Gasteiger partial charge < -0.3 is 0 Å². The summed E-state index contributed by atoms with van der Waals surface area (Å²) in [7, 11) is 0. The molecule has 0 atom stereocenters. The third-order valence-electron chi connectivity index (χ3n) is 3.89. The van der Waals surface area contributed by atoms with Crippen molar-refractivity contribution in [3.05, 3.63) is 72.8 Å². The topological polar surface area (TPSA) is 51.6 Å². The van der Waals surface area contributed by atoms with Crippen molar-refractivity contribution >= 4 is 21.5 Å². The van der Waals surface area contributed by atoms with Crippen molar-refractivity contribution in [1.82, 2.24) is 20.4 Å². The van der Waals surface area contributed by atoms with Crippen LogP contribution in [0.15, 0.2) is 67.3 Å². The fourth-order valence-electron chi connectivity index (χ4n) is 2.52. The van der Waals surface area contributed by atoms with Gasteiger partial charge in [0.25, 0.3) is 0 Å². The minimum absolute atomic E-state index is 1.14. The van der Waals surface area contributed by atoms with E-state index in [4.69, 9.17) is 0 Å². The number of rotatable bonds is 3. The highest BCUT2D eigenvalue weighted by molar-refractivity contribution is 5.81. The van der Waals surface area contributed by atoms with Gasteiger partial charge in [-0.1, -0.05) is 49.7 Å². The molecule has 0 N–H and O–H groups in total. The van der Waals surface area contributed by atoms with Crippen molar-refractivity contribution in [3.63, 3.8) is 0 Å². The maximum Gasteiger partial charge on any atom is 0.0574 e. The summed E-state index contributed by atoms with van der Waals surface area (Å²) in [6, 6.07) is 14.5. The van der Waals surface area contributed by atoms with E-state index in [1.807, 2.05) is 30.5 Å². The molecule has 2 aromatic carbocycles. The first-order valence-electron chi connectivity index (χ1n) is 8.21. The number of hydrogen-bond acceptors (Lipinski definition) is 4. The summed E-state index contributed by atoms with van der Waals surface area (Å²) in [5, 5.41) is 19.9. The van der Waals surface area contributed by atoms with Gasteiger partial charge in [0, 0.05) is 21.5 Å². The number of aryl methyl sites for hydroxylation is 1. The second-order valence-electron chi connectivity index (χ2n) is 5.67. The van der Waals surface area contributed by atoms with Crippen LogP contribution < -0.4 is 0 Å². The fourth-order valence-corrected chi connectivity index (χ4v) is 2.52. The summed E-state index contributed by atoms with van der Waals surface area (Å²) in [5.74, 6) is 0. The molecule has 4 aromatic rings. The van der Waals surface area contributed by atoms with E-state index in [9.17, 15) is 0 Å². The average molecular weight is 316 g/mol. The Balaban J connectivity index is 0.000000149. The van der Waals surface area contributed by atoms with Crippen LogP contribution in [-0.2, 0) is 6.42 Å². The quantitative estimate of drug-likeness (QED) is 0.554. The van der Waals surface area contributed by atoms with Crippen LogP contribution in [0.3, 0.4) is 0 Å². The minimum Gasteiger partial charge on any atom is -0.158 e. The molecule has 2 aromatic heterocycles. The predicted octanol–water partition coefficient (Wildman–Crippen LogP) is 4.60. The van der Waals surface area contributed by atoms with E-state index in [1.54, 1.807) is 18.6 Å². The van der Waals surface area contributed by atoms with Crippen LogP contribution in [0.1, 0.15) is 25.3 Å². The van der Waals surface area contributed by atoms with Crippen LogP contribution in [-0.4, -0.2) is 20.4 Å². The molecule has 0 bridgehead atoms. The molecule has 0 fully saturated rings. The Labute approximate surface area is 141 Å². The van der Waals surface area contributed by atoms with Crippen LogP contribution in [0, 0.1) is 0 Å². The number of benzene rings is 2. The number of fused-ring (bicyclic) bond motifs is 2. The monoisotopic (exact) mass is 316 g/mol. The van der Waals surface area contributed by atoms with E-state index in [-0.39, 0.29) is 0 Å². The molecular weight excluding hydrogens is 296 g/mol. The Morgan fingerprint density at radius 2 is 1.21 bits per heavy atom. The van der Waals surface area contributed by atoms with Gasteiger partial charge in [-0.25, -0.2) is 0 Å². The third-order valence-corrected chi connectivity index (χ3v) is 3.89. The van der Waals surface area contributed by atoms with Gasteiger partial charge >= 0.3 is 0 Å². The van der Waals surface area contributed by atoms with Crippen molar-refractivity contribution < 1.29 is 0 Å². The van der Waals surface area contributed by atoms with Gasteiger partial charge in [0.1, 0.15) is 0 Å². The van der Waals surface area contributed by atoms with E-state index in [0.717, 1.165) is 17.2 Å². The predicted molar refractivity (Wildman–Crippen MR) is 97.7 cm³/mol. The molecule has 4 heteroatoms. The lowest BCUT2D eigenvalue weighted by Crippen LogP contribution is -1.86. The molecule has 0 unspecified atom stereocenters. The van der Waals surface area contributed by atoms with Gasteiger partial charge in [-0.05, 0) is 24.5 Å². The van der Waals surface area contributed by atoms with Gasteiger partial charge in [-0.2, -0.15) is 20.4 Å². The molecule has 24 heavy (non-hydrogen) atoms. The van der Waals surface area contributed by atoms with Crippen LogP contribution in [0.2, 0.25) is 0 Å². The highest BCUT2D eigenvalue weighted by Gasteiger charge is 1.96. The average Bonchev–Trinajstić information content (AvgIpc) is 2.67. The summed E-state index contributed by atoms with van der Waals surface area (Å²) in [6.45, 7) is 2.21. The number of nitrogens with zero attached hydrogens (tertiary/aromatic N) is 4. The van der Waals surface area contributed by atoms with E-state index >= 15 is 0 Å². The van der Waals surface area contributed by atoms with Gasteiger partial charge in [0.2, 0.25) is 0 Å². The standard InChI is InChI=1S/C12H14N2.C8H6N2/c1-2-3-4-10-5-6-11-8-13-14-9-12(11)7-10;1-2-4-8-6-10-9-5-7(8)3-1/h5-9H,2-4H2,1H3;1-6H. The SMILES string of the molecule is CCCCc1ccc2cnncc2c1.c1ccc2cnncc2c1. The normalized spacial score (nSPS) is 10.4. The molecule has 4 nitrogen and oxygen atoms in total. The van der Waals surface area contributed by atoms with E-state index in [0.29, 0.717) is 0 Å². The second-order valence-corrected chi connectivity index (χ2v) is 5.67. The van der Waals surface area contributed by atoms with E-state index in [1.165, 1.54) is 29.2 Å².